The molecule has 0 fully saturated rings. The Labute approximate surface area is 211 Å². The van der Waals surface area contributed by atoms with Crippen LogP contribution < -0.4 is 14.8 Å². The van der Waals surface area contributed by atoms with Crippen LogP contribution in [0.1, 0.15) is 37.9 Å². The van der Waals surface area contributed by atoms with Gasteiger partial charge in [-0.1, -0.05) is 48.2 Å². The number of benzene rings is 3. The molecular formula is C26H23N5O4S. The van der Waals surface area contributed by atoms with Crippen LogP contribution in [-0.2, 0) is 13.5 Å². The molecule has 1 aromatic heterocycles. The van der Waals surface area contributed by atoms with Gasteiger partial charge in [0, 0.05) is 18.8 Å². The lowest BCUT2D eigenvalue weighted by molar-refractivity contribution is 0.0682. The topological polar surface area (TPSA) is 108 Å². The van der Waals surface area contributed by atoms with Crippen molar-refractivity contribution in [3.05, 3.63) is 95.1 Å². The van der Waals surface area contributed by atoms with Gasteiger partial charge in [0.2, 0.25) is 5.16 Å². The second kappa shape index (κ2) is 10.7. The first-order valence-corrected chi connectivity index (χ1v) is 12.4. The number of ether oxygens (including phenoxy) is 2. The van der Waals surface area contributed by atoms with E-state index in [1.54, 1.807) is 72.4 Å². The molecule has 4 aromatic rings. The molecule has 1 aliphatic rings. The minimum atomic E-state index is -0.535. The summed E-state index contributed by atoms with van der Waals surface area (Å²) in [5.41, 5.74) is 2.80. The van der Waals surface area contributed by atoms with Gasteiger partial charge in [0.25, 0.3) is 0 Å². The first-order chi connectivity index (χ1) is 17.6. The van der Waals surface area contributed by atoms with Crippen molar-refractivity contribution >= 4 is 23.7 Å². The van der Waals surface area contributed by atoms with Crippen molar-refractivity contribution in [3.8, 4) is 11.5 Å². The highest BCUT2D eigenvalue weighted by Gasteiger charge is 2.26. The second-order valence-electron chi connectivity index (χ2n) is 8.16. The van der Waals surface area contributed by atoms with Gasteiger partial charge in [-0.05, 0) is 70.9 Å². The summed E-state index contributed by atoms with van der Waals surface area (Å²) in [7, 11) is 1.79. The largest absolute Gasteiger partial charge is 0.419 e. The number of nitrogens with one attached hydrogen (secondary N) is 1. The van der Waals surface area contributed by atoms with Gasteiger partial charge >= 0.3 is 11.9 Å². The Kier molecular flexibility index (Phi) is 7.06. The van der Waals surface area contributed by atoms with Crippen LogP contribution in [0.25, 0.3) is 0 Å². The van der Waals surface area contributed by atoms with Crippen LogP contribution in [0.2, 0.25) is 0 Å². The van der Waals surface area contributed by atoms with E-state index in [0.717, 1.165) is 24.1 Å². The van der Waals surface area contributed by atoms with E-state index in [-0.39, 0.29) is 17.5 Å². The van der Waals surface area contributed by atoms with Crippen LogP contribution in [0.15, 0.2) is 78.0 Å². The van der Waals surface area contributed by atoms with Gasteiger partial charge in [-0.3, -0.25) is 0 Å². The molecule has 182 valence electrons. The van der Waals surface area contributed by atoms with E-state index in [2.05, 4.69) is 20.8 Å². The lowest BCUT2D eigenvalue weighted by Crippen LogP contribution is -2.31. The number of tetrazole rings is 1. The highest BCUT2D eigenvalue weighted by Crippen LogP contribution is 2.38. The highest BCUT2D eigenvalue weighted by atomic mass is 32.2. The van der Waals surface area contributed by atoms with Crippen molar-refractivity contribution in [2.45, 2.75) is 17.6 Å². The fourth-order valence-electron chi connectivity index (χ4n) is 3.93. The summed E-state index contributed by atoms with van der Waals surface area (Å²) < 4.78 is 13.1. The summed E-state index contributed by atoms with van der Waals surface area (Å²) >= 11 is 1.52. The number of thioether (sulfide) groups is 1. The minimum Gasteiger partial charge on any atom is -0.419 e. The molecule has 3 aromatic carbocycles. The van der Waals surface area contributed by atoms with Crippen LogP contribution in [0.4, 0.5) is 0 Å². The van der Waals surface area contributed by atoms with Crippen LogP contribution in [0, 0.1) is 0 Å². The van der Waals surface area contributed by atoms with E-state index in [1.165, 1.54) is 11.8 Å². The molecule has 2 heterocycles. The number of aryl methyl sites for hydroxylation is 1. The molecular weight excluding hydrogens is 478 g/mol. The minimum absolute atomic E-state index is 0.0384. The molecule has 1 N–H and O–H groups in total. The molecule has 0 aliphatic carbocycles. The average Bonchev–Trinajstić information content (AvgIpc) is 3.33. The maximum Gasteiger partial charge on any atom is 0.343 e. The SMILES string of the molecule is Cn1nnnc1SCC1NCCc2cc(OC(=O)c3ccccc3)c(OC(=O)c3ccccc3)cc21. The Balaban J connectivity index is 1.46. The van der Waals surface area contributed by atoms with Crippen molar-refractivity contribution in [2.75, 3.05) is 12.3 Å². The van der Waals surface area contributed by atoms with Gasteiger partial charge in [0.05, 0.1) is 11.1 Å². The monoisotopic (exact) mass is 501 g/mol. The van der Waals surface area contributed by atoms with E-state index >= 15 is 0 Å². The van der Waals surface area contributed by atoms with Crippen molar-refractivity contribution < 1.29 is 19.1 Å². The van der Waals surface area contributed by atoms with Gasteiger partial charge in [0.15, 0.2) is 11.5 Å². The first kappa shape index (κ1) is 23.7. The number of esters is 2. The fraction of sp³-hybridized carbons (Fsp3) is 0.192. The predicted molar refractivity (Wildman–Crippen MR) is 133 cm³/mol. The molecule has 0 spiro atoms. The summed E-state index contributed by atoms with van der Waals surface area (Å²) in [6, 6.07) is 20.9. The zero-order chi connectivity index (χ0) is 24.9. The number of hydrogen-bond acceptors (Lipinski definition) is 9. The molecule has 5 rings (SSSR count). The number of aromatic nitrogens is 4. The number of hydrogen-bond donors (Lipinski definition) is 1. The quantitative estimate of drug-likeness (QED) is 0.231. The summed E-state index contributed by atoms with van der Waals surface area (Å²) in [6.07, 6.45) is 0.741. The van der Waals surface area contributed by atoms with Crippen molar-refractivity contribution in [1.82, 2.24) is 25.5 Å². The average molecular weight is 502 g/mol. The molecule has 9 nitrogen and oxygen atoms in total. The summed E-state index contributed by atoms with van der Waals surface area (Å²) in [5.74, 6) is -0.00410. The van der Waals surface area contributed by atoms with E-state index in [9.17, 15) is 9.59 Å². The van der Waals surface area contributed by atoms with E-state index in [0.29, 0.717) is 22.0 Å². The van der Waals surface area contributed by atoms with Gasteiger partial charge in [0.1, 0.15) is 0 Å². The molecule has 1 aliphatic heterocycles. The molecule has 0 bridgehead atoms. The predicted octanol–water partition coefficient (Wildman–Crippen LogP) is 3.63. The van der Waals surface area contributed by atoms with Gasteiger partial charge in [-0.25, -0.2) is 14.3 Å². The van der Waals surface area contributed by atoms with Gasteiger partial charge in [-0.15, -0.1) is 5.10 Å². The third kappa shape index (κ3) is 5.29. The normalized spacial score (nSPS) is 14.6. The number of carbonyl (C=O) groups is 2. The van der Waals surface area contributed by atoms with Gasteiger partial charge < -0.3 is 14.8 Å². The van der Waals surface area contributed by atoms with Crippen molar-refractivity contribution in [2.24, 2.45) is 7.05 Å². The fourth-order valence-corrected chi connectivity index (χ4v) is 4.86. The second-order valence-corrected chi connectivity index (χ2v) is 9.15. The van der Waals surface area contributed by atoms with Crippen LogP contribution in [-0.4, -0.2) is 44.4 Å². The van der Waals surface area contributed by atoms with Crippen molar-refractivity contribution in [1.29, 1.82) is 0 Å². The Morgan fingerprint density at radius 1 is 0.972 bits per heavy atom. The molecule has 0 radical (unpaired) electrons. The summed E-state index contributed by atoms with van der Waals surface area (Å²) in [5, 5.41) is 15.8. The molecule has 10 heteroatoms. The van der Waals surface area contributed by atoms with Gasteiger partial charge in [-0.2, -0.15) is 0 Å². The molecule has 1 atom stereocenters. The molecule has 0 amide bonds. The van der Waals surface area contributed by atoms with E-state index in [4.69, 9.17) is 9.47 Å². The van der Waals surface area contributed by atoms with Crippen molar-refractivity contribution in [3.63, 3.8) is 0 Å². The smallest absolute Gasteiger partial charge is 0.343 e. The number of carbonyl (C=O) groups excluding carboxylic acids is 2. The summed E-state index contributed by atoms with van der Waals surface area (Å²) in [4.78, 5) is 25.7. The maximum absolute atomic E-state index is 12.9. The molecule has 1 unspecified atom stereocenters. The van der Waals surface area contributed by atoms with E-state index < -0.39 is 11.9 Å². The lowest BCUT2D eigenvalue weighted by Gasteiger charge is -2.28. The summed E-state index contributed by atoms with van der Waals surface area (Å²) in [6.45, 7) is 0.754. The zero-order valence-electron chi connectivity index (χ0n) is 19.5. The Morgan fingerprint density at radius 2 is 1.58 bits per heavy atom. The van der Waals surface area contributed by atoms with Crippen LogP contribution in [0.5, 0.6) is 11.5 Å². The number of nitrogens with zero attached hydrogens (tertiary/aromatic N) is 4. The Bertz CT molecular complexity index is 1380. The lowest BCUT2D eigenvalue weighted by atomic mass is 9.94. The number of fused-ring (bicyclic) bond motifs is 1. The third-order valence-corrected chi connectivity index (χ3v) is 6.85. The van der Waals surface area contributed by atoms with Crippen LogP contribution >= 0.6 is 11.8 Å². The third-order valence-electron chi connectivity index (χ3n) is 5.75. The Morgan fingerprint density at radius 3 is 2.17 bits per heavy atom. The molecule has 0 saturated heterocycles. The molecule has 36 heavy (non-hydrogen) atoms. The standard InChI is InChI=1S/C26H23N5O4S/c1-31-26(28-29-30-31)36-16-21-20-15-23(35-25(33)18-10-6-3-7-11-18)22(14-19(20)12-13-27-21)34-24(32)17-8-4-2-5-9-17/h2-11,14-15,21,27H,12-13,16H2,1H3. The highest BCUT2D eigenvalue weighted by molar-refractivity contribution is 7.99. The number of rotatable bonds is 7. The van der Waals surface area contributed by atoms with Crippen LogP contribution in [0.3, 0.4) is 0 Å². The Hall–Kier alpha value is -4.02. The molecule has 0 saturated carbocycles. The maximum atomic E-state index is 12.9. The first-order valence-electron chi connectivity index (χ1n) is 11.4. The van der Waals surface area contributed by atoms with E-state index in [1.807, 2.05) is 12.1 Å². The zero-order valence-corrected chi connectivity index (χ0v) is 20.3.